The highest BCUT2D eigenvalue weighted by atomic mass is 16.6. The molecule has 0 spiro atoms. The monoisotopic (exact) mass is 255 g/mol. The zero-order chi connectivity index (χ0) is 13.5. The van der Waals surface area contributed by atoms with Gasteiger partial charge in [0.05, 0.1) is 17.2 Å². The van der Waals surface area contributed by atoms with Gasteiger partial charge in [0.25, 0.3) is 5.69 Å². The van der Waals surface area contributed by atoms with Crippen LogP contribution in [-0.2, 0) is 6.42 Å². The summed E-state index contributed by atoms with van der Waals surface area (Å²) in [5, 5.41) is 34.5. The van der Waals surface area contributed by atoms with E-state index in [0.29, 0.717) is 16.9 Å². The van der Waals surface area contributed by atoms with E-state index in [0.717, 1.165) is 0 Å². The Balaban J connectivity index is 3.28. The molecule has 0 amide bonds. The maximum Gasteiger partial charge on any atom is 0.297 e. The molecule has 0 aromatic heterocycles. The van der Waals surface area contributed by atoms with E-state index in [1.54, 1.807) is 19.2 Å². The average molecular weight is 255 g/mol. The Labute approximate surface area is 105 Å². The van der Waals surface area contributed by atoms with Gasteiger partial charge in [0, 0.05) is 32.2 Å². The van der Waals surface area contributed by atoms with Gasteiger partial charge in [-0.15, -0.1) is 0 Å². The maximum absolute atomic E-state index is 11.1. The van der Waals surface area contributed by atoms with Crippen molar-refractivity contribution in [2.75, 3.05) is 37.4 Å². The first kappa shape index (κ1) is 14.2. The number of aliphatic hydroxyl groups is 2. The molecule has 0 aliphatic carbocycles. The van der Waals surface area contributed by atoms with E-state index in [1.165, 1.54) is 0 Å². The van der Waals surface area contributed by atoms with Crippen molar-refractivity contribution >= 4 is 17.1 Å². The van der Waals surface area contributed by atoms with Crippen LogP contribution in [-0.4, -0.2) is 41.9 Å². The van der Waals surface area contributed by atoms with Crippen LogP contribution >= 0.6 is 0 Å². The predicted molar refractivity (Wildman–Crippen MR) is 69.0 cm³/mol. The predicted octanol–water partition coefficient (Wildman–Crippen LogP) is 0.575. The molecule has 1 rings (SSSR count). The van der Waals surface area contributed by atoms with E-state index in [9.17, 15) is 10.1 Å². The van der Waals surface area contributed by atoms with E-state index < -0.39 is 4.92 Å². The highest BCUT2D eigenvalue weighted by molar-refractivity contribution is 5.80. The molecule has 0 bridgehead atoms. The third-order valence-electron chi connectivity index (χ3n) is 2.51. The minimum Gasteiger partial charge on any atom is -0.396 e. The van der Waals surface area contributed by atoms with Gasteiger partial charge in [-0.1, -0.05) is 0 Å². The number of aliphatic hydroxyl groups excluding tert-OH is 2. The van der Waals surface area contributed by atoms with E-state index in [4.69, 9.17) is 10.2 Å². The second kappa shape index (κ2) is 6.77. The summed E-state index contributed by atoms with van der Waals surface area (Å²) in [6.07, 6.45) is 0.216. The summed E-state index contributed by atoms with van der Waals surface area (Å²) in [5.74, 6) is 0. The number of nitrogens with one attached hydrogen (secondary N) is 2. The molecule has 0 aliphatic heterocycles. The molecule has 0 saturated carbocycles. The smallest absolute Gasteiger partial charge is 0.297 e. The quantitative estimate of drug-likeness (QED) is 0.419. The Morgan fingerprint density at radius 1 is 1.33 bits per heavy atom. The van der Waals surface area contributed by atoms with Crippen LogP contribution in [0.15, 0.2) is 12.1 Å². The Hall–Kier alpha value is -1.86. The van der Waals surface area contributed by atoms with Crippen LogP contribution in [0.4, 0.5) is 17.1 Å². The molecule has 0 saturated heterocycles. The number of hydrogen-bond donors (Lipinski definition) is 4. The summed E-state index contributed by atoms with van der Waals surface area (Å²) in [6, 6.07) is 3.32. The summed E-state index contributed by atoms with van der Waals surface area (Å²) in [6.45, 7) is -0.0538. The van der Waals surface area contributed by atoms with Crippen LogP contribution in [0.25, 0.3) is 0 Å². The van der Waals surface area contributed by atoms with Crippen LogP contribution in [0.2, 0.25) is 0 Å². The van der Waals surface area contributed by atoms with Crippen LogP contribution < -0.4 is 10.6 Å². The lowest BCUT2D eigenvalue weighted by molar-refractivity contribution is -0.384. The van der Waals surface area contributed by atoms with Crippen LogP contribution in [0.5, 0.6) is 0 Å². The molecule has 0 heterocycles. The fourth-order valence-corrected chi connectivity index (χ4v) is 1.73. The van der Waals surface area contributed by atoms with Gasteiger partial charge in [0.2, 0.25) is 0 Å². The molecule has 0 atom stereocenters. The van der Waals surface area contributed by atoms with Crippen molar-refractivity contribution in [2.45, 2.75) is 6.42 Å². The highest BCUT2D eigenvalue weighted by Gasteiger charge is 2.22. The van der Waals surface area contributed by atoms with Crippen molar-refractivity contribution in [3.05, 3.63) is 27.8 Å². The molecular formula is C11H17N3O4. The van der Waals surface area contributed by atoms with Gasteiger partial charge in [-0.25, -0.2) is 0 Å². The maximum atomic E-state index is 11.1. The van der Waals surface area contributed by atoms with Gasteiger partial charge in [-0.2, -0.15) is 0 Å². The van der Waals surface area contributed by atoms with Gasteiger partial charge < -0.3 is 20.8 Å². The molecule has 0 aliphatic rings. The number of nitrogens with zero attached hydrogens (tertiary/aromatic N) is 1. The minimum atomic E-state index is -0.481. The molecule has 7 nitrogen and oxygen atoms in total. The zero-order valence-electron chi connectivity index (χ0n) is 10.1. The number of nitro benzene ring substituents is 1. The Morgan fingerprint density at radius 3 is 2.56 bits per heavy atom. The number of benzene rings is 1. The minimum absolute atomic E-state index is 0.0654. The van der Waals surface area contributed by atoms with Gasteiger partial charge in [0.1, 0.15) is 5.69 Å². The first-order valence-corrected chi connectivity index (χ1v) is 5.59. The molecule has 0 fully saturated rings. The van der Waals surface area contributed by atoms with Crippen molar-refractivity contribution in [2.24, 2.45) is 0 Å². The summed E-state index contributed by atoms with van der Waals surface area (Å²) < 4.78 is 0. The molecule has 0 radical (unpaired) electrons. The number of nitro groups is 1. The molecule has 18 heavy (non-hydrogen) atoms. The first-order chi connectivity index (χ1) is 8.65. The van der Waals surface area contributed by atoms with Gasteiger partial charge >= 0.3 is 0 Å². The summed E-state index contributed by atoms with van der Waals surface area (Å²) >= 11 is 0. The SMILES string of the molecule is CNc1ccc(CCO)c([N+](=O)[O-])c1NCCO. The summed E-state index contributed by atoms with van der Waals surface area (Å²) in [7, 11) is 1.66. The Morgan fingerprint density at radius 2 is 2.06 bits per heavy atom. The normalized spacial score (nSPS) is 10.2. The van der Waals surface area contributed by atoms with E-state index in [2.05, 4.69) is 10.6 Å². The molecule has 1 aromatic carbocycles. The number of rotatable bonds is 7. The Bertz CT molecular complexity index is 423. The van der Waals surface area contributed by atoms with Gasteiger partial charge in [-0.3, -0.25) is 10.1 Å². The van der Waals surface area contributed by atoms with Crippen LogP contribution in [0.3, 0.4) is 0 Å². The highest BCUT2D eigenvalue weighted by Crippen LogP contribution is 2.35. The van der Waals surface area contributed by atoms with E-state index >= 15 is 0 Å². The van der Waals surface area contributed by atoms with Gasteiger partial charge in [-0.05, 0) is 12.1 Å². The van der Waals surface area contributed by atoms with Crippen molar-refractivity contribution < 1.29 is 15.1 Å². The average Bonchev–Trinajstić information content (AvgIpc) is 2.36. The van der Waals surface area contributed by atoms with Crippen molar-refractivity contribution in [1.29, 1.82) is 0 Å². The van der Waals surface area contributed by atoms with Crippen LogP contribution in [0.1, 0.15) is 5.56 Å². The molecular weight excluding hydrogens is 238 g/mol. The lowest BCUT2D eigenvalue weighted by atomic mass is 10.1. The lowest BCUT2D eigenvalue weighted by Crippen LogP contribution is -2.11. The molecule has 1 aromatic rings. The van der Waals surface area contributed by atoms with Crippen LogP contribution in [0, 0.1) is 10.1 Å². The fraction of sp³-hybridized carbons (Fsp3) is 0.455. The van der Waals surface area contributed by atoms with Crippen molar-refractivity contribution in [3.63, 3.8) is 0 Å². The third kappa shape index (κ3) is 3.08. The summed E-state index contributed by atoms with van der Waals surface area (Å²) in [5.41, 5.74) is 1.31. The number of hydrogen-bond acceptors (Lipinski definition) is 6. The second-order valence-corrected chi connectivity index (χ2v) is 3.63. The van der Waals surface area contributed by atoms with E-state index in [-0.39, 0.29) is 31.9 Å². The largest absolute Gasteiger partial charge is 0.396 e. The summed E-state index contributed by atoms with van der Waals surface area (Å²) in [4.78, 5) is 10.7. The fourth-order valence-electron chi connectivity index (χ4n) is 1.73. The topological polar surface area (TPSA) is 108 Å². The molecule has 7 heteroatoms. The van der Waals surface area contributed by atoms with Crippen molar-refractivity contribution in [1.82, 2.24) is 0 Å². The first-order valence-electron chi connectivity index (χ1n) is 5.59. The zero-order valence-corrected chi connectivity index (χ0v) is 10.1. The van der Waals surface area contributed by atoms with Crippen molar-refractivity contribution in [3.8, 4) is 0 Å². The second-order valence-electron chi connectivity index (χ2n) is 3.63. The van der Waals surface area contributed by atoms with E-state index in [1.807, 2.05) is 0 Å². The Kier molecular flexibility index (Phi) is 5.34. The molecule has 4 N–H and O–H groups in total. The standard InChI is InChI=1S/C11H17N3O4/c1-12-9-3-2-8(4-6-15)11(14(17)18)10(9)13-5-7-16/h2-3,12-13,15-16H,4-7H2,1H3. The van der Waals surface area contributed by atoms with Gasteiger partial charge in [0.15, 0.2) is 0 Å². The molecule has 0 unspecified atom stereocenters. The number of anilines is 2. The third-order valence-corrected chi connectivity index (χ3v) is 2.51. The molecule has 100 valence electrons. The lowest BCUT2D eigenvalue weighted by Gasteiger charge is -2.13.